The van der Waals surface area contributed by atoms with Gasteiger partial charge in [0, 0.05) is 11.1 Å². The molecule has 0 amide bonds. The highest BCUT2D eigenvalue weighted by Crippen LogP contribution is 2.37. The third-order valence-electron chi connectivity index (χ3n) is 4.02. The first kappa shape index (κ1) is 15.5. The minimum absolute atomic E-state index is 0.349. The Morgan fingerprint density at radius 3 is 3.00 bits per heavy atom. The van der Waals surface area contributed by atoms with Gasteiger partial charge in [0.15, 0.2) is 11.5 Å². The number of fused-ring (bicyclic) bond motifs is 2. The van der Waals surface area contributed by atoms with Gasteiger partial charge in [-0.25, -0.2) is 9.78 Å². The fraction of sp³-hybridized carbons (Fsp3) is 0.111. The molecule has 0 saturated carbocycles. The van der Waals surface area contributed by atoms with Crippen LogP contribution < -0.4 is 9.47 Å². The Balaban J connectivity index is 1.74. The Morgan fingerprint density at radius 1 is 1.32 bits per heavy atom. The van der Waals surface area contributed by atoms with Crippen molar-refractivity contribution in [2.75, 3.05) is 13.7 Å². The van der Waals surface area contributed by atoms with Crippen LogP contribution in [0.2, 0.25) is 0 Å². The number of ether oxygens (including phenoxy) is 2. The van der Waals surface area contributed by atoms with E-state index < -0.39 is 5.97 Å². The number of carbonyl (C=O) groups is 1. The molecule has 1 aliphatic rings. The van der Waals surface area contributed by atoms with Gasteiger partial charge in [-0.05, 0) is 30.3 Å². The van der Waals surface area contributed by atoms with Crippen LogP contribution in [0.4, 0.5) is 0 Å². The van der Waals surface area contributed by atoms with E-state index in [2.05, 4.69) is 14.3 Å². The number of para-hydroxylation sites is 1. The molecule has 6 nitrogen and oxygen atoms in total. The summed E-state index contributed by atoms with van der Waals surface area (Å²) in [7, 11) is 1.61. The van der Waals surface area contributed by atoms with Crippen molar-refractivity contribution in [3.8, 4) is 11.5 Å². The van der Waals surface area contributed by atoms with Crippen molar-refractivity contribution in [1.29, 1.82) is 0 Å². The Hall–Kier alpha value is -2.99. The van der Waals surface area contributed by atoms with Crippen molar-refractivity contribution in [2.45, 2.75) is 0 Å². The van der Waals surface area contributed by atoms with Crippen molar-refractivity contribution in [3.05, 3.63) is 53.3 Å². The third-order valence-corrected chi connectivity index (χ3v) is 4.16. The molecule has 4 rings (SSSR count). The molecule has 2 heterocycles. The first-order valence-corrected chi connectivity index (χ1v) is 7.84. The van der Waals surface area contributed by atoms with Crippen molar-refractivity contribution in [3.63, 3.8) is 0 Å². The van der Waals surface area contributed by atoms with E-state index in [9.17, 15) is 4.79 Å². The quantitative estimate of drug-likeness (QED) is 0.772. The second-order valence-corrected chi connectivity index (χ2v) is 5.67. The fourth-order valence-corrected chi connectivity index (χ4v) is 2.90. The first-order valence-electron chi connectivity index (χ1n) is 7.53. The molecule has 1 N–H and O–H groups in total. The monoisotopic (exact) mass is 356 g/mol. The van der Waals surface area contributed by atoms with Gasteiger partial charge in [-0.15, -0.1) is 0 Å². The average Bonchev–Trinajstić information content (AvgIpc) is 3.09. The van der Waals surface area contributed by atoms with Crippen molar-refractivity contribution in [1.82, 2.24) is 9.97 Å². The molecule has 3 aromatic rings. The van der Waals surface area contributed by atoms with E-state index in [1.807, 2.05) is 24.3 Å². The summed E-state index contributed by atoms with van der Waals surface area (Å²) in [6.07, 6.45) is 2.01. The number of halogens is 1. The molecular weight excluding hydrogens is 344 g/mol. The summed E-state index contributed by atoms with van der Waals surface area (Å²) in [6, 6.07) is 10.7. The third kappa shape index (κ3) is 2.70. The Labute approximate surface area is 148 Å². The number of aromatic nitrogens is 2. The van der Waals surface area contributed by atoms with Gasteiger partial charge in [0.05, 0.1) is 23.7 Å². The summed E-state index contributed by atoms with van der Waals surface area (Å²) < 4.78 is 15.4. The summed E-state index contributed by atoms with van der Waals surface area (Å²) >= 11 is 5.13. The van der Waals surface area contributed by atoms with Crippen LogP contribution in [-0.2, 0) is 4.29 Å². The van der Waals surface area contributed by atoms with Crippen LogP contribution in [0.1, 0.15) is 21.7 Å². The number of nitrogens with zero attached hydrogens (tertiary/aromatic N) is 1. The normalized spacial score (nSPS) is 13.0. The van der Waals surface area contributed by atoms with Crippen LogP contribution in [0.5, 0.6) is 11.5 Å². The minimum atomic E-state index is -0.610. The van der Waals surface area contributed by atoms with E-state index in [0.717, 1.165) is 22.4 Å². The highest BCUT2D eigenvalue weighted by Gasteiger charge is 2.19. The van der Waals surface area contributed by atoms with Crippen molar-refractivity contribution < 1.29 is 18.6 Å². The number of carbonyl (C=O) groups excluding carboxylic acids is 1. The maximum Gasteiger partial charge on any atom is 0.356 e. The second-order valence-electron chi connectivity index (χ2n) is 5.52. The molecule has 0 unspecified atom stereocenters. The zero-order valence-electron chi connectivity index (χ0n) is 13.2. The zero-order valence-corrected chi connectivity index (χ0v) is 14.0. The van der Waals surface area contributed by atoms with Crippen molar-refractivity contribution in [2.24, 2.45) is 0 Å². The highest BCUT2D eigenvalue weighted by molar-refractivity contribution is 6.16. The van der Waals surface area contributed by atoms with Gasteiger partial charge < -0.3 is 18.7 Å². The van der Waals surface area contributed by atoms with E-state index in [-0.39, 0.29) is 0 Å². The van der Waals surface area contributed by atoms with Crippen LogP contribution in [0.25, 0.3) is 22.7 Å². The maximum absolute atomic E-state index is 11.5. The summed E-state index contributed by atoms with van der Waals surface area (Å²) in [5.41, 5.74) is 3.62. The molecule has 1 aromatic heterocycles. The van der Waals surface area contributed by atoms with Crippen LogP contribution in [0.15, 0.2) is 36.4 Å². The molecule has 0 saturated heterocycles. The molecule has 7 heteroatoms. The zero-order chi connectivity index (χ0) is 17.4. The Morgan fingerprint density at radius 2 is 2.20 bits per heavy atom. The maximum atomic E-state index is 11.5. The van der Waals surface area contributed by atoms with E-state index in [4.69, 9.17) is 21.3 Å². The average molecular weight is 357 g/mol. The molecule has 0 aliphatic carbocycles. The molecule has 0 fully saturated rings. The van der Waals surface area contributed by atoms with E-state index in [1.165, 1.54) is 0 Å². The number of benzene rings is 2. The molecule has 126 valence electrons. The van der Waals surface area contributed by atoms with Gasteiger partial charge in [-0.3, -0.25) is 0 Å². The Kier molecular flexibility index (Phi) is 3.82. The number of nitrogens with one attached hydrogen (secondary N) is 1. The second kappa shape index (κ2) is 6.14. The molecule has 2 aromatic carbocycles. The van der Waals surface area contributed by atoms with E-state index in [1.54, 1.807) is 25.3 Å². The summed E-state index contributed by atoms with van der Waals surface area (Å²) in [6.45, 7) is 0.365. The molecule has 0 radical (unpaired) electrons. The van der Waals surface area contributed by atoms with Gasteiger partial charge in [-0.2, -0.15) is 0 Å². The topological polar surface area (TPSA) is 73.4 Å². The molecule has 0 spiro atoms. The largest absolute Gasteiger partial charge is 0.493 e. The van der Waals surface area contributed by atoms with Crippen LogP contribution >= 0.6 is 11.9 Å². The molecule has 0 atom stereocenters. The van der Waals surface area contributed by atoms with Gasteiger partial charge in [-0.1, -0.05) is 12.1 Å². The molecule has 1 aliphatic heterocycles. The van der Waals surface area contributed by atoms with Crippen LogP contribution in [0, 0.1) is 0 Å². The summed E-state index contributed by atoms with van der Waals surface area (Å²) in [5.74, 6) is 1.49. The Bertz CT molecular complexity index is 1010. The van der Waals surface area contributed by atoms with Crippen molar-refractivity contribution >= 4 is 40.5 Å². The standard InChI is InChI=1S/C18H13ClN2O4/c1-23-15-4-2-3-10-7-12(9-24-16(10)15)17-20-13-6-5-11(18(22)25-19)8-14(13)21-17/h2-8H,9H2,1H3,(H,20,21). The minimum Gasteiger partial charge on any atom is -0.493 e. The lowest BCUT2D eigenvalue weighted by Gasteiger charge is -2.18. The number of aromatic amines is 1. The summed E-state index contributed by atoms with van der Waals surface area (Å²) in [4.78, 5) is 19.3. The lowest BCUT2D eigenvalue weighted by molar-refractivity contribution is 0.0751. The molecule has 25 heavy (non-hydrogen) atoms. The summed E-state index contributed by atoms with van der Waals surface area (Å²) in [5, 5.41) is 0. The number of methoxy groups -OCH3 is 1. The number of imidazole rings is 1. The predicted octanol–water partition coefficient (Wildman–Crippen LogP) is 3.82. The number of hydrogen-bond acceptors (Lipinski definition) is 5. The lowest BCUT2D eigenvalue weighted by atomic mass is 10.1. The first-order chi connectivity index (χ1) is 12.2. The number of H-pyrrole nitrogens is 1. The van der Waals surface area contributed by atoms with Gasteiger partial charge >= 0.3 is 5.97 Å². The number of rotatable bonds is 3. The van der Waals surface area contributed by atoms with E-state index in [0.29, 0.717) is 29.3 Å². The highest BCUT2D eigenvalue weighted by atomic mass is 35.5. The van der Waals surface area contributed by atoms with Gasteiger partial charge in [0.2, 0.25) is 0 Å². The lowest BCUT2D eigenvalue weighted by Crippen LogP contribution is -2.08. The molecular formula is C18H13ClN2O4. The van der Waals surface area contributed by atoms with Crippen LogP contribution in [-0.4, -0.2) is 29.7 Å². The van der Waals surface area contributed by atoms with Crippen LogP contribution in [0.3, 0.4) is 0 Å². The van der Waals surface area contributed by atoms with Gasteiger partial charge in [0.1, 0.15) is 24.3 Å². The van der Waals surface area contributed by atoms with E-state index >= 15 is 0 Å². The number of hydrogen-bond donors (Lipinski definition) is 1. The fourth-order valence-electron chi connectivity index (χ4n) is 2.81. The predicted molar refractivity (Wildman–Crippen MR) is 93.7 cm³/mol. The smallest absolute Gasteiger partial charge is 0.356 e. The van der Waals surface area contributed by atoms with Gasteiger partial charge in [0.25, 0.3) is 0 Å². The molecule has 0 bridgehead atoms. The SMILES string of the molecule is COc1cccc2c1OCC(c1nc3ccc(C(=O)OCl)cc3[nH]1)=C2.